The van der Waals surface area contributed by atoms with E-state index in [9.17, 15) is 4.79 Å². The van der Waals surface area contributed by atoms with Crippen molar-refractivity contribution in [2.24, 2.45) is 0 Å². The minimum Gasteiger partial charge on any atom is -0.297 e. The molecule has 0 saturated heterocycles. The van der Waals surface area contributed by atoms with Gasteiger partial charge in [-0.2, -0.15) is 0 Å². The van der Waals surface area contributed by atoms with Gasteiger partial charge in [0.2, 0.25) is 0 Å². The number of aromatic nitrogens is 1. The molecule has 5 heteroatoms. The van der Waals surface area contributed by atoms with Crippen molar-refractivity contribution >= 4 is 43.9 Å². The van der Waals surface area contributed by atoms with Gasteiger partial charge in [-0.15, -0.1) is 11.3 Å². The smallest absolute Gasteiger partial charge is 0.267 e. The van der Waals surface area contributed by atoms with Gasteiger partial charge < -0.3 is 0 Å². The molecule has 2 heterocycles. The number of hydrogen-bond donors (Lipinski definition) is 1. The maximum Gasteiger partial charge on any atom is 0.267 e. The van der Waals surface area contributed by atoms with Crippen LogP contribution in [0, 0.1) is 13.8 Å². The van der Waals surface area contributed by atoms with Crippen molar-refractivity contribution in [3.05, 3.63) is 45.6 Å². The summed E-state index contributed by atoms with van der Waals surface area (Å²) in [7, 11) is 0. The first-order chi connectivity index (χ1) is 9.15. The van der Waals surface area contributed by atoms with E-state index in [2.05, 4.69) is 29.4 Å². The fourth-order valence-corrected chi connectivity index (χ4v) is 3.50. The first kappa shape index (κ1) is 12.3. The number of nitrogens with zero attached hydrogens (tertiary/aromatic N) is 1. The monoisotopic (exact) mass is 288 g/mol. The average Bonchev–Trinajstić information content (AvgIpc) is 3.02. The SMILES string of the molecule is Cc1ccc(C)c2sc(NC(=O)c3cccs3)nc12. The van der Waals surface area contributed by atoms with Crippen LogP contribution >= 0.6 is 22.7 Å². The summed E-state index contributed by atoms with van der Waals surface area (Å²) in [5, 5.41) is 5.42. The summed E-state index contributed by atoms with van der Waals surface area (Å²) < 4.78 is 1.14. The highest BCUT2D eigenvalue weighted by molar-refractivity contribution is 7.22. The molecule has 0 saturated carbocycles. The summed E-state index contributed by atoms with van der Waals surface area (Å²) in [4.78, 5) is 17.2. The first-order valence-corrected chi connectivity index (χ1v) is 7.56. The number of aryl methyl sites for hydroxylation is 2. The predicted octanol–water partition coefficient (Wildman–Crippen LogP) is 4.23. The molecule has 0 aliphatic heterocycles. The molecule has 0 unspecified atom stereocenters. The zero-order valence-corrected chi connectivity index (χ0v) is 12.2. The van der Waals surface area contributed by atoms with Crippen LogP contribution in [0.3, 0.4) is 0 Å². The number of carbonyl (C=O) groups is 1. The largest absolute Gasteiger partial charge is 0.297 e. The Labute approximate surface area is 118 Å². The Bertz CT molecular complexity index is 705. The first-order valence-electron chi connectivity index (χ1n) is 5.87. The molecule has 0 bridgehead atoms. The molecule has 0 spiro atoms. The molecule has 19 heavy (non-hydrogen) atoms. The number of nitrogens with one attached hydrogen (secondary N) is 1. The molecule has 0 aliphatic carbocycles. The van der Waals surface area contributed by atoms with Crippen molar-refractivity contribution in [2.45, 2.75) is 13.8 Å². The van der Waals surface area contributed by atoms with Crippen LogP contribution in [0.2, 0.25) is 0 Å². The van der Waals surface area contributed by atoms with E-state index in [0.717, 1.165) is 15.8 Å². The van der Waals surface area contributed by atoms with Gasteiger partial charge in [0.15, 0.2) is 5.13 Å². The number of hydrogen-bond acceptors (Lipinski definition) is 4. The van der Waals surface area contributed by atoms with Crippen molar-refractivity contribution in [2.75, 3.05) is 5.32 Å². The van der Waals surface area contributed by atoms with Crippen LogP contribution < -0.4 is 5.32 Å². The van der Waals surface area contributed by atoms with Crippen LogP contribution in [0.5, 0.6) is 0 Å². The summed E-state index contributed by atoms with van der Waals surface area (Å²) in [6, 6.07) is 7.82. The lowest BCUT2D eigenvalue weighted by atomic mass is 10.1. The molecule has 3 aromatic rings. The number of carbonyl (C=O) groups excluding carboxylic acids is 1. The van der Waals surface area contributed by atoms with Crippen molar-refractivity contribution in [3.8, 4) is 0 Å². The van der Waals surface area contributed by atoms with Crippen LogP contribution in [0.4, 0.5) is 5.13 Å². The highest BCUT2D eigenvalue weighted by atomic mass is 32.1. The molecular weight excluding hydrogens is 276 g/mol. The fraction of sp³-hybridized carbons (Fsp3) is 0.143. The van der Waals surface area contributed by atoms with E-state index >= 15 is 0 Å². The minimum atomic E-state index is -0.0932. The minimum absolute atomic E-state index is 0.0932. The second-order valence-electron chi connectivity index (χ2n) is 4.33. The molecule has 3 rings (SSSR count). The Morgan fingerprint density at radius 2 is 2.00 bits per heavy atom. The third kappa shape index (κ3) is 2.27. The van der Waals surface area contributed by atoms with Crippen molar-refractivity contribution < 1.29 is 4.79 Å². The Morgan fingerprint density at radius 3 is 2.68 bits per heavy atom. The van der Waals surface area contributed by atoms with Crippen LogP contribution in [-0.2, 0) is 0 Å². The van der Waals surface area contributed by atoms with Gasteiger partial charge in [0.25, 0.3) is 5.91 Å². The molecule has 0 atom stereocenters. The number of fused-ring (bicyclic) bond motifs is 1. The van der Waals surface area contributed by atoms with Crippen LogP contribution in [0.1, 0.15) is 20.8 Å². The quantitative estimate of drug-likeness (QED) is 0.767. The molecule has 2 aromatic heterocycles. The number of amides is 1. The van der Waals surface area contributed by atoms with Gasteiger partial charge >= 0.3 is 0 Å². The third-order valence-electron chi connectivity index (χ3n) is 2.91. The van der Waals surface area contributed by atoms with E-state index in [0.29, 0.717) is 10.0 Å². The van der Waals surface area contributed by atoms with E-state index in [-0.39, 0.29) is 5.91 Å². The zero-order valence-electron chi connectivity index (χ0n) is 10.6. The van der Waals surface area contributed by atoms with Gasteiger partial charge in [0.05, 0.1) is 15.1 Å². The van der Waals surface area contributed by atoms with Gasteiger partial charge in [-0.25, -0.2) is 4.98 Å². The lowest BCUT2D eigenvalue weighted by Gasteiger charge is -1.97. The standard InChI is InChI=1S/C14H12N2OS2/c1-8-5-6-9(2)12-11(8)15-14(19-12)16-13(17)10-4-3-7-18-10/h3-7H,1-2H3,(H,15,16,17). The summed E-state index contributed by atoms with van der Waals surface area (Å²) in [5.74, 6) is -0.0932. The topological polar surface area (TPSA) is 42.0 Å². The van der Waals surface area contributed by atoms with E-state index in [1.54, 1.807) is 0 Å². The molecule has 96 valence electrons. The third-order valence-corrected chi connectivity index (χ3v) is 4.88. The number of thiazole rings is 1. The maximum atomic E-state index is 12.0. The molecule has 0 aliphatic rings. The second kappa shape index (κ2) is 4.75. The number of rotatable bonds is 2. The lowest BCUT2D eigenvalue weighted by molar-refractivity contribution is 0.103. The highest BCUT2D eigenvalue weighted by Gasteiger charge is 2.12. The van der Waals surface area contributed by atoms with Crippen molar-refractivity contribution in [3.63, 3.8) is 0 Å². The normalized spacial score (nSPS) is 10.8. The van der Waals surface area contributed by atoms with E-state index in [1.165, 1.54) is 28.2 Å². The van der Waals surface area contributed by atoms with Crippen molar-refractivity contribution in [1.29, 1.82) is 0 Å². The van der Waals surface area contributed by atoms with Gasteiger partial charge in [0, 0.05) is 0 Å². The number of anilines is 1. The van der Waals surface area contributed by atoms with Gasteiger partial charge in [0.1, 0.15) is 0 Å². The van der Waals surface area contributed by atoms with E-state index < -0.39 is 0 Å². The molecule has 0 radical (unpaired) electrons. The average molecular weight is 288 g/mol. The van der Waals surface area contributed by atoms with Crippen LogP contribution in [0.25, 0.3) is 10.2 Å². The molecule has 1 amide bonds. The highest BCUT2D eigenvalue weighted by Crippen LogP contribution is 2.31. The van der Waals surface area contributed by atoms with Gasteiger partial charge in [-0.05, 0) is 36.4 Å². The Morgan fingerprint density at radius 1 is 1.21 bits per heavy atom. The van der Waals surface area contributed by atoms with Gasteiger partial charge in [-0.1, -0.05) is 29.5 Å². The summed E-state index contributed by atoms with van der Waals surface area (Å²) in [5.41, 5.74) is 3.30. The van der Waals surface area contributed by atoms with Crippen LogP contribution in [-0.4, -0.2) is 10.9 Å². The Balaban J connectivity index is 1.96. The fourth-order valence-electron chi connectivity index (χ4n) is 1.88. The predicted molar refractivity (Wildman–Crippen MR) is 81.4 cm³/mol. The molecular formula is C14H12N2OS2. The Kier molecular flexibility index (Phi) is 3.08. The van der Waals surface area contributed by atoms with E-state index in [1.807, 2.05) is 24.4 Å². The van der Waals surface area contributed by atoms with E-state index in [4.69, 9.17) is 0 Å². The molecule has 1 N–H and O–H groups in total. The summed E-state index contributed by atoms with van der Waals surface area (Å²) in [6.07, 6.45) is 0. The maximum absolute atomic E-state index is 12.0. The van der Waals surface area contributed by atoms with Crippen molar-refractivity contribution in [1.82, 2.24) is 4.98 Å². The molecule has 0 fully saturated rings. The zero-order chi connectivity index (χ0) is 13.4. The molecule has 3 nitrogen and oxygen atoms in total. The second-order valence-corrected chi connectivity index (χ2v) is 6.27. The number of thiophene rings is 1. The van der Waals surface area contributed by atoms with Crippen LogP contribution in [0.15, 0.2) is 29.6 Å². The van der Waals surface area contributed by atoms with Gasteiger partial charge in [-0.3, -0.25) is 10.1 Å². The summed E-state index contributed by atoms with van der Waals surface area (Å²) in [6.45, 7) is 4.09. The lowest BCUT2D eigenvalue weighted by Crippen LogP contribution is -2.09. The molecule has 1 aromatic carbocycles. The number of benzene rings is 1. The summed E-state index contributed by atoms with van der Waals surface area (Å²) >= 11 is 2.95. The Hall–Kier alpha value is -1.72.